The van der Waals surface area contributed by atoms with Crippen LogP contribution >= 0.6 is 0 Å². The van der Waals surface area contributed by atoms with Crippen molar-refractivity contribution in [3.8, 4) is 0 Å². The first-order chi connectivity index (χ1) is 8.10. The van der Waals surface area contributed by atoms with Gasteiger partial charge < -0.3 is 4.90 Å². The van der Waals surface area contributed by atoms with E-state index in [4.69, 9.17) is 4.11 Å². The van der Waals surface area contributed by atoms with Crippen molar-refractivity contribution in [2.45, 2.75) is 32.6 Å². The lowest BCUT2D eigenvalue weighted by molar-refractivity contribution is -0.117. The number of benzene rings is 1. The molecule has 2 nitrogen and oxygen atoms in total. The van der Waals surface area contributed by atoms with Gasteiger partial charge in [-0.2, -0.15) is 0 Å². The second-order valence-electron chi connectivity index (χ2n) is 5.00. The zero-order valence-corrected chi connectivity index (χ0v) is 9.29. The minimum atomic E-state index is -2.40. The third-order valence-corrected chi connectivity index (χ3v) is 2.78. The molecule has 1 aromatic carbocycles. The maximum atomic E-state index is 11.8. The van der Waals surface area contributed by atoms with Crippen LogP contribution in [0.4, 0.5) is 5.69 Å². The van der Waals surface area contributed by atoms with Gasteiger partial charge in [-0.1, -0.05) is 32.9 Å². The number of carbonyl (C=O) groups excluding carboxylic acids is 1. The number of hydrogen-bond donors (Lipinski definition) is 0. The lowest BCUT2D eigenvalue weighted by Crippen LogP contribution is -2.21. The van der Waals surface area contributed by atoms with Gasteiger partial charge in [0.15, 0.2) is 0 Å². The molecule has 0 saturated carbocycles. The van der Waals surface area contributed by atoms with E-state index in [0.717, 1.165) is 16.0 Å². The maximum Gasteiger partial charge on any atom is 0.231 e. The Morgan fingerprint density at radius 3 is 2.73 bits per heavy atom. The van der Waals surface area contributed by atoms with E-state index in [9.17, 15) is 4.79 Å². The minimum Gasteiger partial charge on any atom is -0.315 e. The van der Waals surface area contributed by atoms with Crippen molar-refractivity contribution in [3.05, 3.63) is 29.3 Å². The Morgan fingerprint density at radius 1 is 1.40 bits per heavy atom. The van der Waals surface area contributed by atoms with Gasteiger partial charge in [0, 0.05) is 16.8 Å². The summed E-state index contributed by atoms with van der Waals surface area (Å²) in [4.78, 5) is 12.7. The summed E-state index contributed by atoms with van der Waals surface area (Å²) in [5.41, 5.74) is 2.29. The zero-order valence-electron chi connectivity index (χ0n) is 12.3. The van der Waals surface area contributed by atoms with Crippen LogP contribution in [0.5, 0.6) is 0 Å². The number of rotatable bonds is 0. The molecule has 1 aliphatic heterocycles. The largest absolute Gasteiger partial charge is 0.315 e. The lowest BCUT2D eigenvalue weighted by atomic mass is 9.86. The summed E-state index contributed by atoms with van der Waals surface area (Å²) in [7, 11) is 0. The first kappa shape index (κ1) is 7.04. The van der Waals surface area contributed by atoms with Gasteiger partial charge in [0.05, 0.1) is 6.42 Å². The van der Waals surface area contributed by atoms with Crippen LogP contribution in [0.15, 0.2) is 18.2 Å². The molecule has 0 unspecified atom stereocenters. The fraction of sp³-hybridized carbons (Fsp3) is 0.462. The molecule has 0 spiro atoms. The zero-order chi connectivity index (χ0) is 13.7. The number of nitrogens with zero attached hydrogens (tertiary/aromatic N) is 1. The van der Waals surface area contributed by atoms with E-state index in [-0.39, 0.29) is 17.7 Å². The Labute approximate surface area is 95.1 Å². The van der Waals surface area contributed by atoms with Gasteiger partial charge in [0.2, 0.25) is 5.91 Å². The van der Waals surface area contributed by atoms with Crippen molar-refractivity contribution in [2.24, 2.45) is 0 Å². The second-order valence-corrected chi connectivity index (χ2v) is 5.00. The molecule has 0 aromatic heterocycles. The molecule has 1 aliphatic rings. The van der Waals surface area contributed by atoms with Crippen LogP contribution in [-0.2, 0) is 16.6 Å². The van der Waals surface area contributed by atoms with Gasteiger partial charge in [0.1, 0.15) is 0 Å². The smallest absolute Gasteiger partial charge is 0.231 e. The van der Waals surface area contributed by atoms with Crippen molar-refractivity contribution in [3.63, 3.8) is 0 Å². The average molecular weight is 206 g/mol. The van der Waals surface area contributed by atoms with Crippen LogP contribution in [0.1, 0.15) is 36.0 Å². The van der Waals surface area contributed by atoms with Crippen LogP contribution < -0.4 is 4.90 Å². The van der Waals surface area contributed by atoms with E-state index in [2.05, 4.69) is 20.8 Å². The molecule has 15 heavy (non-hydrogen) atoms. The number of hydrogen-bond acceptors (Lipinski definition) is 1. The van der Waals surface area contributed by atoms with E-state index in [1.54, 1.807) is 0 Å². The summed E-state index contributed by atoms with van der Waals surface area (Å²) in [6.45, 7) is 3.78. The molecule has 0 N–H and O–H groups in total. The predicted octanol–water partition coefficient (Wildman–Crippen LogP) is 2.50. The fourth-order valence-corrected chi connectivity index (χ4v) is 1.76. The van der Waals surface area contributed by atoms with E-state index >= 15 is 0 Å². The molecule has 1 aromatic rings. The summed E-state index contributed by atoms with van der Waals surface area (Å²) < 4.78 is 22.4. The molecule has 2 heteroatoms. The first-order valence-electron chi connectivity index (χ1n) is 6.57. The van der Waals surface area contributed by atoms with E-state index < -0.39 is 6.98 Å². The van der Waals surface area contributed by atoms with Crippen molar-refractivity contribution < 1.29 is 8.91 Å². The van der Waals surface area contributed by atoms with Crippen molar-refractivity contribution in [2.75, 3.05) is 11.9 Å². The molecular weight excluding hydrogens is 186 g/mol. The molecule has 80 valence electrons. The SMILES string of the molecule is [2H]C([2H])([2H])N1C(=O)Cc2ccc(C(C)(C)C)cc21. The number of fused-ring (bicyclic) bond motifs is 1. The molecule has 0 fully saturated rings. The highest BCUT2D eigenvalue weighted by molar-refractivity contribution is 6.01. The topological polar surface area (TPSA) is 20.3 Å². The van der Waals surface area contributed by atoms with Crippen molar-refractivity contribution in [1.82, 2.24) is 0 Å². The van der Waals surface area contributed by atoms with Gasteiger partial charge >= 0.3 is 0 Å². The summed E-state index contributed by atoms with van der Waals surface area (Å²) in [6, 6.07) is 5.65. The molecule has 0 bridgehead atoms. The van der Waals surface area contributed by atoms with E-state index in [1.807, 2.05) is 18.2 Å². The van der Waals surface area contributed by atoms with Gasteiger partial charge in [0.25, 0.3) is 0 Å². The molecule has 1 amide bonds. The Hall–Kier alpha value is -1.31. The summed E-state index contributed by atoms with van der Waals surface area (Å²) in [5, 5.41) is 0. The standard InChI is InChI=1S/C13H17NO/c1-13(2,3)10-6-5-9-7-12(15)14(4)11(9)8-10/h5-6,8H,7H2,1-4H3/i4D3. The van der Waals surface area contributed by atoms with Crippen LogP contribution in [0, 0.1) is 0 Å². The quantitative estimate of drug-likeness (QED) is 0.638. The summed E-state index contributed by atoms with van der Waals surface area (Å²) >= 11 is 0. The molecule has 0 saturated heterocycles. The monoisotopic (exact) mass is 206 g/mol. The molecule has 2 rings (SSSR count). The molecule has 0 radical (unpaired) electrons. The number of carbonyl (C=O) groups is 1. The molecule has 0 aliphatic carbocycles. The van der Waals surface area contributed by atoms with Crippen molar-refractivity contribution >= 4 is 11.6 Å². The molecule has 0 atom stereocenters. The van der Waals surface area contributed by atoms with Gasteiger partial charge in [-0.3, -0.25) is 4.79 Å². The Balaban J connectivity index is 2.53. The number of anilines is 1. The molecule has 1 heterocycles. The highest BCUT2D eigenvalue weighted by Crippen LogP contribution is 2.32. The second kappa shape index (κ2) is 3.09. The van der Waals surface area contributed by atoms with Crippen LogP contribution in [0.25, 0.3) is 0 Å². The third kappa shape index (κ3) is 1.65. The van der Waals surface area contributed by atoms with Crippen LogP contribution in [0.2, 0.25) is 0 Å². The van der Waals surface area contributed by atoms with Gasteiger partial charge in [-0.15, -0.1) is 0 Å². The Morgan fingerprint density at radius 2 is 2.13 bits per heavy atom. The van der Waals surface area contributed by atoms with Crippen LogP contribution in [0.3, 0.4) is 0 Å². The predicted molar refractivity (Wildman–Crippen MR) is 62.3 cm³/mol. The summed E-state index contributed by atoms with van der Waals surface area (Å²) in [5.74, 6) is -0.351. The van der Waals surface area contributed by atoms with Crippen molar-refractivity contribution in [1.29, 1.82) is 0 Å². The molecular formula is C13H17NO. The lowest BCUT2D eigenvalue weighted by Gasteiger charge is -2.21. The number of amides is 1. The van der Waals surface area contributed by atoms with Gasteiger partial charge in [-0.05, 0) is 22.6 Å². The summed E-state index contributed by atoms with van der Waals surface area (Å²) in [6.07, 6.45) is 0.179. The maximum absolute atomic E-state index is 11.8. The normalized spacial score (nSPS) is 19.5. The average Bonchev–Trinajstić information content (AvgIpc) is 2.49. The highest BCUT2D eigenvalue weighted by Gasteiger charge is 2.25. The number of likely N-dealkylation sites (N-methyl/N-ethyl adjacent to an activating group) is 1. The highest BCUT2D eigenvalue weighted by atomic mass is 16.2. The van der Waals surface area contributed by atoms with E-state index in [0.29, 0.717) is 5.69 Å². The Bertz CT molecular complexity index is 500. The first-order valence-corrected chi connectivity index (χ1v) is 5.07. The van der Waals surface area contributed by atoms with Gasteiger partial charge in [-0.25, -0.2) is 0 Å². The Kier molecular flexibility index (Phi) is 1.45. The van der Waals surface area contributed by atoms with Crippen LogP contribution in [-0.4, -0.2) is 12.9 Å². The van der Waals surface area contributed by atoms with E-state index in [1.165, 1.54) is 0 Å². The minimum absolute atomic E-state index is 0.0684. The fourth-order valence-electron chi connectivity index (χ4n) is 1.76. The third-order valence-electron chi connectivity index (χ3n) is 2.78.